The van der Waals surface area contributed by atoms with Crippen LogP contribution in [-0.2, 0) is 19.1 Å². The highest BCUT2D eigenvalue weighted by atomic mass is 16.5. The molecule has 1 aromatic rings. The van der Waals surface area contributed by atoms with Crippen molar-refractivity contribution < 1.29 is 29.0 Å². The lowest BCUT2D eigenvalue weighted by atomic mass is 9.86. The molecule has 1 saturated carbocycles. The quantitative estimate of drug-likeness (QED) is 0.353. The maximum Gasteiger partial charge on any atom is 0.338 e. The Hall–Kier alpha value is -2.47. The Kier molecular flexibility index (Phi) is 9.24. The molecule has 6 nitrogen and oxygen atoms in total. The third-order valence-electron chi connectivity index (χ3n) is 5.30. The van der Waals surface area contributed by atoms with Crippen LogP contribution in [-0.4, -0.2) is 41.6 Å². The van der Waals surface area contributed by atoms with Gasteiger partial charge in [-0.1, -0.05) is 38.0 Å². The fourth-order valence-electron chi connectivity index (χ4n) is 3.88. The predicted octanol–water partition coefficient (Wildman–Crippen LogP) is 3.97. The third-order valence-corrected chi connectivity index (χ3v) is 5.30. The molecule has 2 rings (SSSR count). The van der Waals surface area contributed by atoms with Gasteiger partial charge in [-0.3, -0.25) is 9.59 Å². The molecule has 0 unspecified atom stereocenters. The minimum absolute atomic E-state index is 0.0530. The number of hydrogen-bond acceptors (Lipinski definition) is 6. The van der Waals surface area contributed by atoms with E-state index >= 15 is 0 Å². The number of aliphatic hydroxyl groups excluding tert-OH is 1. The van der Waals surface area contributed by atoms with E-state index in [0.717, 1.165) is 19.3 Å². The van der Waals surface area contributed by atoms with E-state index in [-0.39, 0.29) is 30.9 Å². The van der Waals surface area contributed by atoms with Crippen molar-refractivity contribution in [3.05, 3.63) is 47.5 Å². The van der Waals surface area contributed by atoms with Crippen LogP contribution in [0.1, 0.15) is 74.7 Å². The van der Waals surface area contributed by atoms with Gasteiger partial charge in [-0.25, -0.2) is 4.79 Å². The number of ketones is 1. The second kappa shape index (κ2) is 11.6. The summed E-state index contributed by atoms with van der Waals surface area (Å²) in [7, 11) is 0. The van der Waals surface area contributed by atoms with Crippen LogP contribution in [0, 0.1) is 5.92 Å². The molecule has 1 fully saturated rings. The summed E-state index contributed by atoms with van der Waals surface area (Å²) in [5.41, 5.74) is 1.05. The average Bonchev–Trinajstić information content (AvgIpc) is 2.99. The molecule has 1 aromatic carbocycles. The van der Waals surface area contributed by atoms with Crippen molar-refractivity contribution in [1.82, 2.24) is 0 Å². The fourth-order valence-corrected chi connectivity index (χ4v) is 3.88. The molecule has 0 aromatic heterocycles. The van der Waals surface area contributed by atoms with Gasteiger partial charge in [-0.2, -0.15) is 0 Å². The van der Waals surface area contributed by atoms with E-state index in [1.54, 1.807) is 43.3 Å². The van der Waals surface area contributed by atoms with Crippen molar-refractivity contribution in [3.8, 4) is 0 Å². The van der Waals surface area contributed by atoms with E-state index < -0.39 is 23.9 Å². The van der Waals surface area contributed by atoms with Crippen LogP contribution in [0.25, 0.3) is 0 Å². The summed E-state index contributed by atoms with van der Waals surface area (Å²) in [6.07, 6.45) is 6.15. The van der Waals surface area contributed by atoms with Crippen LogP contribution in [0.15, 0.2) is 36.4 Å². The Morgan fingerprint density at radius 2 is 2.03 bits per heavy atom. The average molecular weight is 417 g/mol. The first-order valence-electron chi connectivity index (χ1n) is 10.7. The predicted molar refractivity (Wildman–Crippen MR) is 113 cm³/mol. The maximum absolute atomic E-state index is 12.6. The van der Waals surface area contributed by atoms with Crippen molar-refractivity contribution in [2.45, 2.75) is 71.0 Å². The van der Waals surface area contributed by atoms with Crippen LogP contribution in [0.5, 0.6) is 0 Å². The molecule has 164 valence electrons. The monoisotopic (exact) mass is 416 g/mol. The summed E-state index contributed by atoms with van der Waals surface area (Å²) in [4.78, 5) is 36.1. The zero-order valence-electron chi connectivity index (χ0n) is 18.0. The SMILES string of the molecule is CCCCC[C@@H](/C=C/[C@H]1[C@H](O)CC(=O)[C@H]1c1cccc(C(=O)OCC)c1)OC(C)=O. The molecule has 0 aliphatic heterocycles. The number of unbranched alkanes of at least 4 members (excludes halogenated alkanes) is 2. The van der Waals surface area contributed by atoms with Crippen molar-refractivity contribution in [1.29, 1.82) is 0 Å². The van der Waals surface area contributed by atoms with Crippen LogP contribution in [0.2, 0.25) is 0 Å². The molecule has 0 bridgehead atoms. The lowest BCUT2D eigenvalue weighted by molar-refractivity contribution is -0.144. The number of benzene rings is 1. The first kappa shape index (κ1) is 23.8. The van der Waals surface area contributed by atoms with Gasteiger partial charge in [0.15, 0.2) is 0 Å². The molecule has 0 amide bonds. The molecule has 6 heteroatoms. The summed E-state index contributed by atoms with van der Waals surface area (Å²) >= 11 is 0. The van der Waals surface area contributed by atoms with E-state index in [1.807, 2.05) is 0 Å². The molecule has 0 heterocycles. The van der Waals surface area contributed by atoms with Gasteiger partial charge in [-0.15, -0.1) is 0 Å². The van der Waals surface area contributed by atoms with Gasteiger partial charge in [0.1, 0.15) is 11.9 Å². The number of aliphatic hydroxyl groups is 1. The topological polar surface area (TPSA) is 89.9 Å². The Morgan fingerprint density at radius 1 is 1.27 bits per heavy atom. The second-order valence-corrected chi connectivity index (χ2v) is 7.67. The van der Waals surface area contributed by atoms with Crippen molar-refractivity contribution in [2.24, 2.45) is 5.92 Å². The summed E-state index contributed by atoms with van der Waals surface area (Å²) in [5.74, 6) is -1.88. The Morgan fingerprint density at radius 3 is 2.70 bits per heavy atom. The number of carbonyl (C=O) groups excluding carboxylic acids is 3. The lowest BCUT2D eigenvalue weighted by Crippen LogP contribution is -2.19. The van der Waals surface area contributed by atoms with Crippen LogP contribution >= 0.6 is 0 Å². The molecule has 0 radical (unpaired) electrons. The first-order chi connectivity index (χ1) is 14.4. The van der Waals surface area contributed by atoms with Gasteiger partial charge < -0.3 is 14.6 Å². The Balaban J connectivity index is 2.23. The molecular formula is C24H32O6. The van der Waals surface area contributed by atoms with Crippen molar-refractivity contribution in [2.75, 3.05) is 6.61 Å². The Bertz CT molecular complexity index is 769. The van der Waals surface area contributed by atoms with Crippen LogP contribution in [0.4, 0.5) is 0 Å². The summed E-state index contributed by atoms with van der Waals surface area (Å²) in [5, 5.41) is 10.5. The number of ether oxygens (including phenoxy) is 2. The fraction of sp³-hybridized carbons (Fsp3) is 0.542. The summed E-state index contributed by atoms with van der Waals surface area (Å²) in [6.45, 7) is 5.48. The lowest BCUT2D eigenvalue weighted by Gasteiger charge is -2.20. The maximum atomic E-state index is 12.6. The van der Waals surface area contributed by atoms with Crippen molar-refractivity contribution in [3.63, 3.8) is 0 Å². The standard InChI is InChI=1S/C24H32O6/c1-4-6-7-11-19(30-16(3)25)12-13-20-21(26)15-22(27)23(20)17-9-8-10-18(14-17)24(28)29-5-2/h8-10,12-14,19-21,23,26H,4-7,11,15H2,1-3H3/b13-12+/t19-,20-,21+,23-/m0/s1. The van der Waals surface area contributed by atoms with E-state index in [0.29, 0.717) is 17.5 Å². The smallest absolute Gasteiger partial charge is 0.338 e. The highest BCUT2D eigenvalue weighted by molar-refractivity contribution is 5.92. The van der Waals surface area contributed by atoms with E-state index in [9.17, 15) is 19.5 Å². The van der Waals surface area contributed by atoms with Crippen LogP contribution < -0.4 is 0 Å². The van der Waals surface area contributed by atoms with Crippen LogP contribution in [0.3, 0.4) is 0 Å². The second-order valence-electron chi connectivity index (χ2n) is 7.67. The zero-order valence-corrected chi connectivity index (χ0v) is 18.0. The minimum atomic E-state index is -0.821. The Labute approximate surface area is 178 Å². The van der Waals surface area contributed by atoms with Gasteiger partial charge in [0.2, 0.25) is 0 Å². The van der Waals surface area contributed by atoms with E-state index in [1.165, 1.54) is 6.92 Å². The first-order valence-corrected chi connectivity index (χ1v) is 10.7. The highest BCUT2D eigenvalue weighted by Crippen LogP contribution is 2.38. The van der Waals surface area contributed by atoms with E-state index in [4.69, 9.17) is 9.47 Å². The van der Waals surface area contributed by atoms with Gasteiger partial charge in [-0.05, 0) is 43.5 Å². The largest absolute Gasteiger partial charge is 0.462 e. The number of carbonyl (C=O) groups is 3. The van der Waals surface area contributed by atoms with Gasteiger partial charge in [0.05, 0.1) is 24.2 Å². The molecule has 0 saturated heterocycles. The molecule has 1 aliphatic carbocycles. The molecule has 30 heavy (non-hydrogen) atoms. The molecule has 4 atom stereocenters. The number of esters is 2. The van der Waals surface area contributed by atoms with E-state index in [2.05, 4.69) is 6.92 Å². The molecular weight excluding hydrogens is 384 g/mol. The van der Waals surface area contributed by atoms with Gasteiger partial charge >= 0.3 is 11.9 Å². The normalized spacial score (nSPS) is 22.3. The van der Waals surface area contributed by atoms with Gasteiger partial charge in [0, 0.05) is 19.3 Å². The summed E-state index contributed by atoms with van der Waals surface area (Å²) in [6, 6.07) is 6.80. The van der Waals surface area contributed by atoms with Gasteiger partial charge in [0.25, 0.3) is 0 Å². The molecule has 1 N–H and O–H groups in total. The summed E-state index contributed by atoms with van der Waals surface area (Å²) < 4.78 is 10.4. The van der Waals surface area contributed by atoms with Crippen molar-refractivity contribution >= 4 is 17.7 Å². The molecule has 1 aliphatic rings. The number of hydrogen-bond donors (Lipinski definition) is 1. The molecule has 0 spiro atoms. The minimum Gasteiger partial charge on any atom is -0.462 e. The number of rotatable bonds is 10. The highest BCUT2D eigenvalue weighted by Gasteiger charge is 2.41. The number of Topliss-reactive ketones (excluding diaryl/α,β-unsaturated/α-hetero) is 1. The third kappa shape index (κ3) is 6.52. The zero-order chi connectivity index (χ0) is 22.1.